The lowest BCUT2D eigenvalue weighted by atomic mass is 10.2. The van der Waals surface area contributed by atoms with E-state index in [9.17, 15) is 4.79 Å². The highest BCUT2D eigenvalue weighted by atomic mass is 16.2. The number of carbonyl (C=O) groups is 1. The molecule has 2 rings (SSSR count). The van der Waals surface area contributed by atoms with E-state index in [4.69, 9.17) is 0 Å². The van der Waals surface area contributed by atoms with Crippen LogP contribution in [0.2, 0.25) is 0 Å². The van der Waals surface area contributed by atoms with Crippen LogP contribution in [-0.2, 0) is 6.54 Å². The predicted octanol–water partition coefficient (Wildman–Crippen LogP) is 1.79. The van der Waals surface area contributed by atoms with E-state index in [1.54, 1.807) is 49.8 Å². The third-order valence-electron chi connectivity index (χ3n) is 2.84. The van der Waals surface area contributed by atoms with Crippen LogP contribution in [0.4, 0.5) is 5.69 Å². The highest BCUT2D eigenvalue weighted by molar-refractivity contribution is 5.99. The van der Waals surface area contributed by atoms with Gasteiger partial charge in [0.1, 0.15) is 0 Å². The molecule has 0 aliphatic rings. The number of amides is 1. The molecule has 0 atom stereocenters. The van der Waals surface area contributed by atoms with Gasteiger partial charge in [0.05, 0.1) is 5.56 Å². The van der Waals surface area contributed by atoms with Gasteiger partial charge in [-0.15, -0.1) is 0 Å². The first-order valence-electron chi connectivity index (χ1n) is 5.98. The maximum Gasteiger partial charge on any atom is 0.257 e. The Bertz CT molecular complexity index is 556. The Hall–Kier alpha value is -2.43. The lowest BCUT2D eigenvalue weighted by molar-refractivity contribution is 0.0785. The summed E-state index contributed by atoms with van der Waals surface area (Å²) in [7, 11) is 3.56. The zero-order chi connectivity index (χ0) is 13.7. The van der Waals surface area contributed by atoms with Crippen molar-refractivity contribution in [1.29, 1.82) is 0 Å². The average Bonchev–Trinajstić information content (AvgIpc) is 2.47. The summed E-state index contributed by atoms with van der Waals surface area (Å²) in [5.74, 6) is -0.0609. The topological polar surface area (TPSA) is 58.1 Å². The smallest absolute Gasteiger partial charge is 0.257 e. The number of anilines is 1. The molecule has 0 aliphatic heterocycles. The standard InChI is InChI=1S/C14H16N4O/c1-15-13-5-8-17-9-12(13)14(19)18(2)10-11-3-6-16-7-4-11/h3-9H,10H2,1-2H3,(H,15,17). The first-order valence-corrected chi connectivity index (χ1v) is 5.98. The van der Waals surface area contributed by atoms with Gasteiger partial charge < -0.3 is 10.2 Å². The summed E-state index contributed by atoms with van der Waals surface area (Å²) in [4.78, 5) is 22.0. The molecule has 2 aromatic rings. The molecule has 1 N–H and O–H groups in total. The van der Waals surface area contributed by atoms with Crippen LogP contribution in [0.25, 0.3) is 0 Å². The van der Waals surface area contributed by atoms with E-state index in [0.29, 0.717) is 12.1 Å². The fraction of sp³-hybridized carbons (Fsp3) is 0.214. The van der Waals surface area contributed by atoms with Crippen molar-refractivity contribution >= 4 is 11.6 Å². The van der Waals surface area contributed by atoms with Crippen LogP contribution >= 0.6 is 0 Å². The monoisotopic (exact) mass is 256 g/mol. The Kier molecular flexibility index (Phi) is 4.07. The van der Waals surface area contributed by atoms with Gasteiger partial charge in [-0.3, -0.25) is 14.8 Å². The van der Waals surface area contributed by atoms with Crippen LogP contribution in [0.3, 0.4) is 0 Å². The predicted molar refractivity (Wildman–Crippen MR) is 73.8 cm³/mol. The van der Waals surface area contributed by atoms with Gasteiger partial charge in [0.25, 0.3) is 5.91 Å². The summed E-state index contributed by atoms with van der Waals surface area (Å²) in [5, 5.41) is 3.00. The van der Waals surface area contributed by atoms with Crippen molar-refractivity contribution in [2.75, 3.05) is 19.4 Å². The van der Waals surface area contributed by atoms with Crippen LogP contribution in [0.5, 0.6) is 0 Å². The molecule has 5 nitrogen and oxygen atoms in total. The number of pyridine rings is 2. The van der Waals surface area contributed by atoms with Gasteiger partial charge in [-0.1, -0.05) is 0 Å². The van der Waals surface area contributed by atoms with E-state index in [1.807, 2.05) is 12.1 Å². The van der Waals surface area contributed by atoms with Crippen LogP contribution in [0.1, 0.15) is 15.9 Å². The highest BCUT2D eigenvalue weighted by Gasteiger charge is 2.15. The Morgan fingerprint density at radius 3 is 2.58 bits per heavy atom. The quantitative estimate of drug-likeness (QED) is 0.906. The number of carbonyl (C=O) groups excluding carboxylic acids is 1. The minimum absolute atomic E-state index is 0.0609. The second-order valence-electron chi connectivity index (χ2n) is 4.19. The Balaban J connectivity index is 2.15. The first kappa shape index (κ1) is 13.0. The van der Waals surface area contributed by atoms with Gasteiger partial charge in [0.15, 0.2) is 0 Å². The summed E-state index contributed by atoms with van der Waals surface area (Å²) in [5.41, 5.74) is 2.39. The van der Waals surface area contributed by atoms with Crippen molar-refractivity contribution in [2.24, 2.45) is 0 Å². The number of hydrogen-bond acceptors (Lipinski definition) is 4. The number of hydrogen-bond donors (Lipinski definition) is 1. The maximum absolute atomic E-state index is 12.4. The second kappa shape index (κ2) is 5.95. The summed E-state index contributed by atoms with van der Waals surface area (Å²) in [6.07, 6.45) is 6.68. The van der Waals surface area contributed by atoms with E-state index in [0.717, 1.165) is 11.3 Å². The van der Waals surface area contributed by atoms with Crippen molar-refractivity contribution in [3.63, 3.8) is 0 Å². The molecule has 2 aromatic heterocycles. The lowest BCUT2D eigenvalue weighted by Crippen LogP contribution is -2.27. The molecule has 0 spiro atoms. The van der Waals surface area contributed by atoms with Gasteiger partial charge in [0, 0.05) is 51.1 Å². The van der Waals surface area contributed by atoms with E-state index in [-0.39, 0.29) is 5.91 Å². The fourth-order valence-corrected chi connectivity index (χ4v) is 1.82. The molecule has 0 bridgehead atoms. The summed E-state index contributed by atoms with van der Waals surface area (Å²) >= 11 is 0. The number of nitrogens with one attached hydrogen (secondary N) is 1. The fourth-order valence-electron chi connectivity index (χ4n) is 1.82. The molecule has 0 saturated heterocycles. The third kappa shape index (κ3) is 3.07. The van der Waals surface area contributed by atoms with Gasteiger partial charge >= 0.3 is 0 Å². The summed E-state index contributed by atoms with van der Waals surface area (Å²) < 4.78 is 0. The zero-order valence-electron chi connectivity index (χ0n) is 11.0. The van der Waals surface area contributed by atoms with Gasteiger partial charge in [-0.05, 0) is 23.8 Å². The van der Waals surface area contributed by atoms with E-state index >= 15 is 0 Å². The minimum atomic E-state index is -0.0609. The van der Waals surface area contributed by atoms with Gasteiger partial charge in [-0.25, -0.2) is 0 Å². The number of aromatic nitrogens is 2. The van der Waals surface area contributed by atoms with Crippen LogP contribution in [0.15, 0.2) is 43.0 Å². The van der Waals surface area contributed by atoms with E-state index in [1.165, 1.54) is 0 Å². The molecular weight excluding hydrogens is 240 g/mol. The molecule has 0 unspecified atom stereocenters. The number of nitrogens with zero attached hydrogens (tertiary/aromatic N) is 3. The zero-order valence-corrected chi connectivity index (χ0v) is 11.0. The normalized spacial score (nSPS) is 10.0. The van der Waals surface area contributed by atoms with Crippen molar-refractivity contribution in [3.05, 3.63) is 54.1 Å². The molecule has 0 aromatic carbocycles. The third-order valence-corrected chi connectivity index (χ3v) is 2.84. The van der Waals surface area contributed by atoms with Crippen LogP contribution < -0.4 is 5.32 Å². The van der Waals surface area contributed by atoms with Crippen molar-refractivity contribution < 1.29 is 4.79 Å². The Labute approximate surface area is 112 Å². The molecule has 19 heavy (non-hydrogen) atoms. The molecule has 5 heteroatoms. The van der Waals surface area contributed by atoms with Crippen molar-refractivity contribution in [1.82, 2.24) is 14.9 Å². The first-order chi connectivity index (χ1) is 9.22. The minimum Gasteiger partial charge on any atom is -0.387 e. The molecule has 0 radical (unpaired) electrons. The Morgan fingerprint density at radius 1 is 1.21 bits per heavy atom. The highest BCUT2D eigenvalue weighted by Crippen LogP contribution is 2.15. The number of rotatable bonds is 4. The maximum atomic E-state index is 12.4. The lowest BCUT2D eigenvalue weighted by Gasteiger charge is -2.18. The Morgan fingerprint density at radius 2 is 1.89 bits per heavy atom. The van der Waals surface area contributed by atoms with Crippen molar-refractivity contribution in [3.8, 4) is 0 Å². The summed E-state index contributed by atoms with van der Waals surface area (Å²) in [6, 6.07) is 5.57. The largest absolute Gasteiger partial charge is 0.387 e. The molecule has 2 heterocycles. The molecule has 98 valence electrons. The van der Waals surface area contributed by atoms with Gasteiger partial charge in [-0.2, -0.15) is 0 Å². The average molecular weight is 256 g/mol. The van der Waals surface area contributed by atoms with E-state index in [2.05, 4.69) is 15.3 Å². The van der Waals surface area contributed by atoms with Crippen LogP contribution in [-0.4, -0.2) is 34.9 Å². The van der Waals surface area contributed by atoms with Gasteiger partial charge in [0.2, 0.25) is 0 Å². The molecule has 0 saturated carbocycles. The summed E-state index contributed by atoms with van der Waals surface area (Å²) in [6.45, 7) is 0.541. The molecule has 0 fully saturated rings. The van der Waals surface area contributed by atoms with E-state index < -0.39 is 0 Å². The molecule has 1 amide bonds. The second-order valence-corrected chi connectivity index (χ2v) is 4.19. The molecular formula is C14H16N4O. The van der Waals surface area contributed by atoms with Crippen LogP contribution in [0, 0.1) is 0 Å². The SMILES string of the molecule is CNc1ccncc1C(=O)N(C)Cc1ccncc1. The molecule has 0 aliphatic carbocycles. The van der Waals surface area contributed by atoms with Crippen molar-refractivity contribution in [2.45, 2.75) is 6.54 Å².